The van der Waals surface area contributed by atoms with Gasteiger partial charge in [0.2, 0.25) is 0 Å². The Labute approximate surface area is 122 Å². The summed E-state index contributed by atoms with van der Waals surface area (Å²) >= 11 is 3.39. The molecule has 2 nitrogen and oxygen atoms in total. The largest absolute Gasteiger partial charge is 0.489 e. The van der Waals surface area contributed by atoms with Gasteiger partial charge in [-0.15, -0.1) is 0 Å². The van der Waals surface area contributed by atoms with Crippen LogP contribution in [0.5, 0.6) is 5.75 Å². The fourth-order valence-electron chi connectivity index (χ4n) is 1.99. The Kier molecular flexibility index (Phi) is 4.61. The van der Waals surface area contributed by atoms with Crippen molar-refractivity contribution in [3.63, 3.8) is 0 Å². The Morgan fingerprint density at radius 1 is 1.11 bits per heavy atom. The Balaban J connectivity index is 2.15. The van der Waals surface area contributed by atoms with Crippen molar-refractivity contribution in [3.8, 4) is 5.75 Å². The molecule has 0 atom stereocenters. The van der Waals surface area contributed by atoms with Crippen LogP contribution in [-0.4, -0.2) is 5.11 Å². The summed E-state index contributed by atoms with van der Waals surface area (Å²) in [4.78, 5) is 0. The highest BCUT2D eigenvalue weighted by Crippen LogP contribution is 2.24. The molecular formula is C16H17BrO2. The molecule has 0 aromatic heterocycles. The second-order valence-corrected chi connectivity index (χ2v) is 5.42. The highest BCUT2D eigenvalue weighted by Gasteiger charge is 2.05. The van der Waals surface area contributed by atoms with Crippen LogP contribution in [-0.2, 0) is 13.2 Å². The van der Waals surface area contributed by atoms with E-state index in [1.165, 1.54) is 16.7 Å². The summed E-state index contributed by atoms with van der Waals surface area (Å²) in [7, 11) is 0. The zero-order chi connectivity index (χ0) is 13.8. The molecule has 0 amide bonds. The first kappa shape index (κ1) is 14.1. The Morgan fingerprint density at radius 2 is 1.79 bits per heavy atom. The van der Waals surface area contributed by atoms with Gasteiger partial charge in [-0.25, -0.2) is 0 Å². The first-order valence-electron chi connectivity index (χ1n) is 6.19. The van der Waals surface area contributed by atoms with Gasteiger partial charge in [-0.2, -0.15) is 0 Å². The molecule has 2 rings (SSSR count). The molecule has 19 heavy (non-hydrogen) atoms. The van der Waals surface area contributed by atoms with Gasteiger partial charge in [0.05, 0.1) is 6.61 Å². The zero-order valence-electron chi connectivity index (χ0n) is 11.1. The summed E-state index contributed by atoms with van der Waals surface area (Å²) < 4.78 is 6.72. The van der Waals surface area contributed by atoms with Crippen LogP contribution < -0.4 is 4.74 Å². The molecule has 3 heteroatoms. The lowest BCUT2D eigenvalue weighted by Gasteiger charge is -2.12. The summed E-state index contributed by atoms with van der Waals surface area (Å²) in [5, 5.41) is 9.23. The van der Waals surface area contributed by atoms with Gasteiger partial charge < -0.3 is 9.84 Å². The SMILES string of the molecule is Cc1cccc(C)c1COc1ccc(Br)c(CO)c1. The molecule has 0 saturated carbocycles. The smallest absolute Gasteiger partial charge is 0.120 e. The van der Waals surface area contributed by atoms with Crippen LogP contribution in [0.4, 0.5) is 0 Å². The maximum absolute atomic E-state index is 9.23. The highest BCUT2D eigenvalue weighted by atomic mass is 79.9. The Bertz CT molecular complexity index is 559. The molecule has 0 radical (unpaired) electrons. The molecular weight excluding hydrogens is 304 g/mol. The van der Waals surface area contributed by atoms with E-state index in [4.69, 9.17) is 4.74 Å². The summed E-state index contributed by atoms with van der Waals surface area (Å²) in [5.74, 6) is 0.773. The van der Waals surface area contributed by atoms with Crippen LogP contribution in [0, 0.1) is 13.8 Å². The summed E-state index contributed by atoms with van der Waals surface area (Å²) in [6.45, 7) is 4.73. The van der Waals surface area contributed by atoms with Gasteiger partial charge in [0.1, 0.15) is 12.4 Å². The third-order valence-electron chi connectivity index (χ3n) is 3.22. The standard InChI is InChI=1S/C16H17BrO2/c1-11-4-3-5-12(2)15(11)10-19-14-6-7-16(17)13(8-14)9-18/h3-8,18H,9-10H2,1-2H3. The van der Waals surface area contributed by atoms with Gasteiger partial charge in [-0.1, -0.05) is 34.1 Å². The number of aliphatic hydroxyl groups is 1. The van der Waals surface area contributed by atoms with E-state index in [-0.39, 0.29) is 6.61 Å². The lowest BCUT2D eigenvalue weighted by Crippen LogP contribution is -2.01. The second kappa shape index (κ2) is 6.22. The fraction of sp³-hybridized carbons (Fsp3) is 0.250. The summed E-state index contributed by atoms with van der Waals surface area (Å²) in [6.07, 6.45) is 0. The molecule has 0 fully saturated rings. The van der Waals surface area contributed by atoms with Crippen molar-refractivity contribution in [2.45, 2.75) is 27.1 Å². The van der Waals surface area contributed by atoms with Crippen LogP contribution in [0.2, 0.25) is 0 Å². The van der Waals surface area contributed by atoms with Crippen molar-refractivity contribution >= 4 is 15.9 Å². The molecule has 0 saturated heterocycles. The van der Waals surface area contributed by atoms with Crippen molar-refractivity contribution in [1.29, 1.82) is 0 Å². The number of aryl methyl sites for hydroxylation is 2. The number of halogens is 1. The minimum absolute atomic E-state index is 0.00117. The molecule has 0 aliphatic rings. The van der Waals surface area contributed by atoms with Crippen molar-refractivity contribution in [1.82, 2.24) is 0 Å². The zero-order valence-corrected chi connectivity index (χ0v) is 12.7. The minimum atomic E-state index is 0.00117. The van der Waals surface area contributed by atoms with E-state index in [1.807, 2.05) is 18.2 Å². The molecule has 100 valence electrons. The number of ether oxygens (including phenoxy) is 1. The molecule has 0 aliphatic heterocycles. The van der Waals surface area contributed by atoms with Crippen molar-refractivity contribution in [2.24, 2.45) is 0 Å². The topological polar surface area (TPSA) is 29.5 Å². The highest BCUT2D eigenvalue weighted by molar-refractivity contribution is 9.10. The molecule has 2 aromatic rings. The van der Waals surface area contributed by atoms with Crippen LogP contribution in [0.25, 0.3) is 0 Å². The Morgan fingerprint density at radius 3 is 2.42 bits per heavy atom. The van der Waals surface area contributed by atoms with Gasteiger partial charge in [0, 0.05) is 4.47 Å². The lowest BCUT2D eigenvalue weighted by molar-refractivity contribution is 0.277. The second-order valence-electron chi connectivity index (χ2n) is 4.57. The van der Waals surface area contributed by atoms with Crippen LogP contribution >= 0.6 is 15.9 Å². The van der Waals surface area contributed by atoms with E-state index < -0.39 is 0 Å². The van der Waals surface area contributed by atoms with E-state index >= 15 is 0 Å². The van der Waals surface area contributed by atoms with Gasteiger partial charge in [0.25, 0.3) is 0 Å². The third kappa shape index (κ3) is 3.37. The molecule has 1 N–H and O–H groups in total. The summed E-state index contributed by atoms with van der Waals surface area (Å²) in [5.41, 5.74) is 4.52. The number of benzene rings is 2. The molecule has 0 spiro atoms. The maximum atomic E-state index is 9.23. The van der Waals surface area contributed by atoms with E-state index in [9.17, 15) is 5.11 Å². The molecule has 0 aliphatic carbocycles. The predicted octanol–water partition coefficient (Wildman–Crippen LogP) is 4.14. The van der Waals surface area contributed by atoms with E-state index in [0.717, 1.165) is 15.8 Å². The Hall–Kier alpha value is -1.32. The molecule has 0 bridgehead atoms. The van der Waals surface area contributed by atoms with E-state index in [2.05, 4.69) is 48.0 Å². The molecule has 2 aromatic carbocycles. The van der Waals surface area contributed by atoms with E-state index in [0.29, 0.717) is 6.61 Å². The van der Waals surface area contributed by atoms with Crippen LogP contribution in [0.1, 0.15) is 22.3 Å². The van der Waals surface area contributed by atoms with Gasteiger partial charge in [-0.05, 0) is 54.3 Å². The van der Waals surface area contributed by atoms with E-state index in [1.54, 1.807) is 0 Å². The van der Waals surface area contributed by atoms with Crippen LogP contribution in [0.3, 0.4) is 0 Å². The predicted molar refractivity (Wildman–Crippen MR) is 80.3 cm³/mol. The van der Waals surface area contributed by atoms with Crippen molar-refractivity contribution in [3.05, 3.63) is 63.1 Å². The first-order chi connectivity index (χ1) is 9.11. The van der Waals surface area contributed by atoms with Gasteiger partial charge >= 0.3 is 0 Å². The first-order valence-corrected chi connectivity index (χ1v) is 6.98. The quantitative estimate of drug-likeness (QED) is 0.917. The summed E-state index contributed by atoms with van der Waals surface area (Å²) in [6, 6.07) is 11.9. The van der Waals surface area contributed by atoms with Gasteiger partial charge in [0.15, 0.2) is 0 Å². The lowest BCUT2D eigenvalue weighted by atomic mass is 10.0. The minimum Gasteiger partial charge on any atom is -0.489 e. The monoisotopic (exact) mass is 320 g/mol. The average molecular weight is 321 g/mol. The van der Waals surface area contributed by atoms with Crippen molar-refractivity contribution in [2.75, 3.05) is 0 Å². The number of hydrogen-bond donors (Lipinski definition) is 1. The fourth-order valence-corrected chi connectivity index (χ4v) is 2.37. The average Bonchev–Trinajstić information content (AvgIpc) is 2.40. The number of aliphatic hydroxyl groups excluding tert-OH is 1. The third-order valence-corrected chi connectivity index (χ3v) is 3.99. The van der Waals surface area contributed by atoms with Crippen LogP contribution in [0.15, 0.2) is 40.9 Å². The number of rotatable bonds is 4. The van der Waals surface area contributed by atoms with Crippen molar-refractivity contribution < 1.29 is 9.84 Å². The van der Waals surface area contributed by atoms with Gasteiger partial charge in [-0.3, -0.25) is 0 Å². The normalized spacial score (nSPS) is 10.5. The maximum Gasteiger partial charge on any atom is 0.120 e. The number of hydrogen-bond acceptors (Lipinski definition) is 2. The molecule has 0 heterocycles. The molecule has 0 unspecified atom stereocenters.